The molecule has 0 aliphatic heterocycles. The average Bonchev–Trinajstić information content (AvgIpc) is 2.18. The van der Waals surface area contributed by atoms with Crippen LogP contribution in [0.4, 0.5) is 0 Å². The molecule has 3 nitrogen and oxygen atoms in total. The molecule has 4 heteroatoms. The lowest BCUT2D eigenvalue weighted by Crippen LogP contribution is -2.15. The van der Waals surface area contributed by atoms with E-state index in [1.54, 1.807) is 0 Å². The second-order valence-electron chi connectivity index (χ2n) is 3.71. The van der Waals surface area contributed by atoms with Crippen LogP contribution in [-0.2, 0) is 14.3 Å². The first-order chi connectivity index (χ1) is 7.05. The summed E-state index contributed by atoms with van der Waals surface area (Å²) in [5.41, 5.74) is 0. The van der Waals surface area contributed by atoms with E-state index < -0.39 is 10.1 Å². The highest BCUT2D eigenvalue weighted by Gasteiger charge is 2.13. The number of rotatable bonds is 9. The SMILES string of the molecule is C=CCS(=O)(=O)OCC(CC)CCCC. The summed E-state index contributed by atoms with van der Waals surface area (Å²) < 4.78 is 27.4. The maximum absolute atomic E-state index is 11.2. The van der Waals surface area contributed by atoms with Gasteiger partial charge in [-0.25, -0.2) is 0 Å². The highest BCUT2D eigenvalue weighted by Crippen LogP contribution is 2.14. The highest BCUT2D eigenvalue weighted by atomic mass is 32.2. The molecule has 1 atom stereocenters. The van der Waals surface area contributed by atoms with Crippen LogP contribution in [0.5, 0.6) is 0 Å². The van der Waals surface area contributed by atoms with Crippen molar-refractivity contribution < 1.29 is 12.6 Å². The Balaban J connectivity index is 3.93. The van der Waals surface area contributed by atoms with Crippen molar-refractivity contribution in [2.24, 2.45) is 5.92 Å². The lowest BCUT2D eigenvalue weighted by Gasteiger charge is -2.13. The molecule has 0 heterocycles. The van der Waals surface area contributed by atoms with E-state index in [4.69, 9.17) is 4.18 Å². The maximum atomic E-state index is 11.2. The fraction of sp³-hybridized carbons (Fsp3) is 0.818. The van der Waals surface area contributed by atoms with Gasteiger partial charge in [-0.1, -0.05) is 39.2 Å². The molecule has 0 aliphatic rings. The van der Waals surface area contributed by atoms with E-state index in [1.807, 2.05) is 0 Å². The van der Waals surface area contributed by atoms with Gasteiger partial charge in [0, 0.05) is 0 Å². The van der Waals surface area contributed by atoms with Gasteiger partial charge < -0.3 is 0 Å². The van der Waals surface area contributed by atoms with Gasteiger partial charge in [-0.3, -0.25) is 4.18 Å². The van der Waals surface area contributed by atoms with Crippen LogP contribution >= 0.6 is 0 Å². The molecule has 90 valence electrons. The van der Waals surface area contributed by atoms with Crippen molar-refractivity contribution in [3.05, 3.63) is 12.7 Å². The van der Waals surface area contributed by atoms with E-state index >= 15 is 0 Å². The van der Waals surface area contributed by atoms with Gasteiger partial charge in [-0.05, 0) is 12.3 Å². The van der Waals surface area contributed by atoms with Gasteiger partial charge in [0.1, 0.15) is 0 Å². The van der Waals surface area contributed by atoms with Gasteiger partial charge >= 0.3 is 0 Å². The standard InChI is InChI=1S/C11H22O3S/c1-4-7-8-11(6-3)10-14-15(12,13)9-5-2/h5,11H,2,4,6-10H2,1,3H3. The minimum absolute atomic E-state index is 0.1000. The molecule has 0 rings (SSSR count). The summed E-state index contributed by atoms with van der Waals surface area (Å²) in [6.45, 7) is 7.88. The molecule has 0 saturated carbocycles. The number of hydrogen-bond donors (Lipinski definition) is 0. The zero-order valence-corrected chi connectivity index (χ0v) is 10.6. The van der Waals surface area contributed by atoms with E-state index in [2.05, 4.69) is 20.4 Å². The molecule has 1 unspecified atom stereocenters. The molecule has 0 N–H and O–H groups in total. The van der Waals surface area contributed by atoms with Crippen molar-refractivity contribution in [2.45, 2.75) is 39.5 Å². The van der Waals surface area contributed by atoms with Gasteiger partial charge in [-0.2, -0.15) is 8.42 Å². The molecule has 0 amide bonds. The summed E-state index contributed by atoms with van der Waals surface area (Å²) in [6.07, 6.45) is 5.61. The second kappa shape index (κ2) is 7.88. The zero-order valence-electron chi connectivity index (χ0n) is 9.74. The minimum atomic E-state index is -3.38. The Morgan fingerprint density at radius 1 is 1.40 bits per heavy atom. The summed E-state index contributed by atoms with van der Waals surface area (Å²) in [6, 6.07) is 0. The van der Waals surface area contributed by atoms with Gasteiger partial charge in [0.25, 0.3) is 10.1 Å². The predicted molar refractivity (Wildman–Crippen MR) is 63.2 cm³/mol. The maximum Gasteiger partial charge on any atom is 0.270 e. The lowest BCUT2D eigenvalue weighted by molar-refractivity contribution is 0.239. The number of unbranched alkanes of at least 4 members (excludes halogenated alkanes) is 1. The zero-order chi connectivity index (χ0) is 11.7. The Morgan fingerprint density at radius 3 is 2.53 bits per heavy atom. The van der Waals surface area contributed by atoms with Gasteiger partial charge in [-0.15, -0.1) is 6.58 Å². The van der Waals surface area contributed by atoms with Crippen molar-refractivity contribution in [3.63, 3.8) is 0 Å². The first kappa shape index (κ1) is 14.6. The molecule has 0 spiro atoms. The van der Waals surface area contributed by atoms with Crippen LogP contribution in [0.2, 0.25) is 0 Å². The van der Waals surface area contributed by atoms with Crippen molar-refractivity contribution in [1.82, 2.24) is 0 Å². The van der Waals surface area contributed by atoms with Crippen molar-refractivity contribution >= 4 is 10.1 Å². The van der Waals surface area contributed by atoms with Crippen LogP contribution in [0.1, 0.15) is 39.5 Å². The van der Waals surface area contributed by atoms with Crippen molar-refractivity contribution in [2.75, 3.05) is 12.4 Å². The summed E-state index contributed by atoms with van der Waals surface area (Å²) in [7, 11) is -3.38. The molecule has 0 radical (unpaired) electrons. The van der Waals surface area contributed by atoms with E-state index in [-0.39, 0.29) is 5.75 Å². The van der Waals surface area contributed by atoms with Crippen LogP contribution < -0.4 is 0 Å². The summed E-state index contributed by atoms with van der Waals surface area (Å²) in [5.74, 6) is 0.251. The van der Waals surface area contributed by atoms with Crippen LogP contribution in [0.25, 0.3) is 0 Å². The van der Waals surface area contributed by atoms with E-state index in [0.29, 0.717) is 12.5 Å². The third-order valence-corrected chi connectivity index (χ3v) is 3.49. The molecule has 0 fully saturated rings. The molecule has 15 heavy (non-hydrogen) atoms. The van der Waals surface area contributed by atoms with Crippen LogP contribution in [0.3, 0.4) is 0 Å². The Hall–Kier alpha value is -0.350. The topological polar surface area (TPSA) is 43.4 Å². The third kappa shape index (κ3) is 7.56. The number of hydrogen-bond acceptors (Lipinski definition) is 3. The molecular weight excluding hydrogens is 212 g/mol. The van der Waals surface area contributed by atoms with Crippen molar-refractivity contribution in [3.8, 4) is 0 Å². The first-order valence-corrected chi connectivity index (χ1v) is 7.11. The highest BCUT2D eigenvalue weighted by molar-refractivity contribution is 7.86. The molecule has 0 aromatic carbocycles. The molecule has 0 aromatic heterocycles. The smallest absolute Gasteiger partial charge is 0.270 e. The summed E-state index contributed by atoms with van der Waals surface area (Å²) in [4.78, 5) is 0. The average molecular weight is 234 g/mol. The quantitative estimate of drug-likeness (QED) is 0.455. The molecular formula is C11H22O3S. The van der Waals surface area contributed by atoms with E-state index in [1.165, 1.54) is 6.08 Å². The molecule has 0 bridgehead atoms. The Kier molecular flexibility index (Phi) is 7.70. The Bertz CT molecular complexity index is 257. The molecule has 0 aromatic rings. The van der Waals surface area contributed by atoms with Crippen LogP contribution in [-0.4, -0.2) is 20.8 Å². The van der Waals surface area contributed by atoms with Crippen LogP contribution in [0, 0.1) is 5.92 Å². The monoisotopic (exact) mass is 234 g/mol. The predicted octanol–water partition coefficient (Wildman–Crippen LogP) is 2.74. The van der Waals surface area contributed by atoms with E-state index in [9.17, 15) is 8.42 Å². The summed E-state index contributed by atoms with van der Waals surface area (Å²) in [5, 5.41) is 0. The molecule has 0 aliphatic carbocycles. The van der Waals surface area contributed by atoms with Gasteiger partial charge in [0.2, 0.25) is 0 Å². The van der Waals surface area contributed by atoms with E-state index in [0.717, 1.165) is 25.7 Å². The van der Waals surface area contributed by atoms with Gasteiger partial charge in [0.05, 0.1) is 12.4 Å². The van der Waals surface area contributed by atoms with Gasteiger partial charge in [0.15, 0.2) is 0 Å². The van der Waals surface area contributed by atoms with Crippen LogP contribution in [0.15, 0.2) is 12.7 Å². The third-order valence-electron chi connectivity index (χ3n) is 2.35. The second-order valence-corrected chi connectivity index (χ2v) is 5.40. The lowest BCUT2D eigenvalue weighted by atomic mass is 10.0. The normalized spacial score (nSPS) is 13.7. The minimum Gasteiger partial charge on any atom is -0.270 e. The largest absolute Gasteiger partial charge is 0.270 e. The van der Waals surface area contributed by atoms with Crippen molar-refractivity contribution in [1.29, 1.82) is 0 Å². The fourth-order valence-corrected chi connectivity index (χ4v) is 2.08. The Morgan fingerprint density at radius 2 is 2.07 bits per heavy atom. The molecule has 0 saturated heterocycles. The first-order valence-electron chi connectivity index (χ1n) is 5.53. The summed E-state index contributed by atoms with van der Waals surface area (Å²) >= 11 is 0. The Labute approximate surface area is 93.6 Å². The fourth-order valence-electron chi connectivity index (χ4n) is 1.29.